The average Bonchev–Trinajstić information content (AvgIpc) is 3.87. The quantitative estimate of drug-likeness (QED) is 0.161. The molecule has 3 aliphatic rings. The fourth-order valence-electron chi connectivity index (χ4n) is 3.72. The number of halogens is 3. The molecule has 6 rings (SSSR count). The maximum atomic E-state index is 11.4. The van der Waals surface area contributed by atoms with E-state index in [9.17, 15) is 4.79 Å². The summed E-state index contributed by atoms with van der Waals surface area (Å²) in [6.45, 7) is 4.14. The molecule has 5 N–H and O–H groups in total. The molecule has 0 aliphatic heterocycles. The summed E-state index contributed by atoms with van der Waals surface area (Å²) in [5, 5.41) is 15.9. The number of hydrogen-bond acceptors (Lipinski definition) is 6. The summed E-state index contributed by atoms with van der Waals surface area (Å²) in [7, 11) is 0. The number of esters is 1. The fraction of sp³-hybridized carbons (Fsp3) is 0.417. The van der Waals surface area contributed by atoms with Crippen LogP contribution >= 0.6 is 31.9 Å². The second kappa shape index (κ2) is 26.6. The van der Waals surface area contributed by atoms with Gasteiger partial charge in [-0.3, -0.25) is 0 Å². The van der Waals surface area contributed by atoms with Gasteiger partial charge in [-0.1, -0.05) is 63.6 Å². The van der Waals surface area contributed by atoms with Crippen LogP contribution in [0.25, 0.3) is 0 Å². The van der Waals surface area contributed by atoms with E-state index in [1.165, 1.54) is 44.1 Å². The molecule has 3 aliphatic carbocycles. The Morgan fingerprint density at radius 2 is 1.24 bits per heavy atom. The number of hydrogen-bond donors (Lipinski definition) is 3. The summed E-state index contributed by atoms with van der Waals surface area (Å²) in [6.07, 6.45) is 10.1. The third-order valence-electron chi connectivity index (χ3n) is 6.58. The molecular weight excluding hydrogens is 786 g/mol. The number of nitrogens with two attached hydrogens (primary N) is 2. The van der Waals surface area contributed by atoms with E-state index >= 15 is 0 Å². The molecule has 2 unspecified atom stereocenters. The molecule has 0 saturated heterocycles. The number of benzene rings is 3. The Balaban J connectivity index is -0.000000559. The predicted octanol–water partition coefficient (Wildman–Crippen LogP) is 5.94. The molecule has 0 bridgehead atoms. The molecule has 6 nitrogen and oxygen atoms in total. The summed E-state index contributed by atoms with van der Waals surface area (Å²) in [5.74, 6) is 1.11. The first-order valence-corrected chi connectivity index (χ1v) is 16.4. The zero-order chi connectivity index (χ0) is 31.6. The van der Waals surface area contributed by atoms with Crippen LogP contribution in [0, 0.1) is 29.6 Å². The van der Waals surface area contributed by atoms with E-state index in [0.29, 0.717) is 23.7 Å². The third-order valence-corrected chi connectivity index (χ3v) is 7.64. The van der Waals surface area contributed by atoms with Gasteiger partial charge in [0.05, 0.1) is 23.8 Å². The standard InChI is InChI=1S/C13H17NO2.C10H12BrN.C7H4BrN.C3H5.C2H6O.CH4.BrH.Mg.H2/c1-2-16-13(15)11-7-5-10(6-8-11)12(14)9-3-4-9;11-9-5-3-8(4-6-9)10(12)7-1-2-7;8-7-3-1-6(5-9)2-4-7;1-2-3-1;1-2-3;;;;/h5-9,12H,2-4,14H2,1H3;3-7,10H,1-2,12H2;1-4H;1H,2-3H2;3H,2H2,1H3;1H4;1H;;1H/q;;;-1;;;;+2;/p-1/i;;;;;;;;1+2. The Morgan fingerprint density at radius 3 is 1.54 bits per heavy atom. The van der Waals surface area contributed by atoms with E-state index in [-0.39, 0.29) is 73.5 Å². The first-order chi connectivity index (χ1) is 20.7. The van der Waals surface area contributed by atoms with Crippen LogP contribution in [-0.2, 0) is 4.74 Å². The maximum absolute atomic E-state index is 11.4. The molecule has 3 saturated carbocycles. The summed E-state index contributed by atoms with van der Waals surface area (Å²) >= 11 is 6.67. The van der Waals surface area contributed by atoms with Crippen molar-refractivity contribution in [2.75, 3.05) is 13.2 Å². The Labute approximate surface area is 321 Å². The number of carbonyl (C=O) groups is 1. The predicted molar refractivity (Wildman–Crippen MR) is 196 cm³/mol. The van der Waals surface area contributed by atoms with Crippen molar-refractivity contribution in [1.29, 1.82) is 5.26 Å². The second-order valence-electron chi connectivity index (χ2n) is 10.4. The summed E-state index contributed by atoms with van der Waals surface area (Å²) in [4.78, 5) is 11.4. The summed E-state index contributed by atoms with van der Waals surface area (Å²) in [6, 6.07) is 25.4. The van der Waals surface area contributed by atoms with Crippen LogP contribution in [0.5, 0.6) is 0 Å². The Kier molecular flexibility index (Phi) is 27.1. The molecule has 0 spiro atoms. The number of aliphatic hydroxyl groups is 1. The maximum Gasteiger partial charge on any atom is 2.00 e. The van der Waals surface area contributed by atoms with Crippen LogP contribution in [0.2, 0.25) is 0 Å². The van der Waals surface area contributed by atoms with Gasteiger partial charge in [0.15, 0.2) is 0 Å². The van der Waals surface area contributed by atoms with Gasteiger partial charge in [-0.2, -0.15) is 5.26 Å². The Morgan fingerprint density at radius 1 is 0.891 bits per heavy atom. The minimum Gasteiger partial charge on any atom is -1.00 e. The van der Waals surface area contributed by atoms with Crippen molar-refractivity contribution in [2.24, 2.45) is 23.3 Å². The number of nitriles is 1. The number of carbonyl (C=O) groups excluding carboxylic acids is 1. The largest absolute Gasteiger partial charge is 2.00 e. The smallest absolute Gasteiger partial charge is 1.00 e. The monoisotopic (exact) mass is 835 g/mol. The number of ether oxygens (including phenoxy) is 1. The van der Waals surface area contributed by atoms with Crippen molar-refractivity contribution in [3.63, 3.8) is 0 Å². The zero-order valence-corrected chi connectivity index (χ0v) is 32.4. The SMILES string of the molecule is C.CCO.CCOC(=O)c1ccc(C(N)C2CC2)cc1.N#Cc1ccc(Br)cc1.NC(c1ccc(Br)cc1)C1CC1.[3HH].[Br-].[CH-]1CC1.[Mg+2]. The van der Waals surface area contributed by atoms with E-state index < -0.39 is 0 Å². The van der Waals surface area contributed by atoms with Crippen LogP contribution in [-0.4, -0.2) is 47.3 Å². The molecule has 250 valence electrons. The zero-order valence-electron chi connectivity index (χ0n) is 26.2. The van der Waals surface area contributed by atoms with Crippen LogP contribution in [0.1, 0.15) is 100 Å². The topological polar surface area (TPSA) is 122 Å². The molecule has 0 aromatic heterocycles. The van der Waals surface area contributed by atoms with Crippen molar-refractivity contribution in [3.05, 3.63) is 110 Å². The van der Waals surface area contributed by atoms with Gasteiger partial charge in [-0.25, -0.2) is 17.6 Å². The van der Waals surface area contributed by atoms with Crippen molar-refractivity contribution >= 4 is 60.9 Å². The van der Waals surface area contributed by atoms with Crippen molar-refractivity contribution < 1.29 is 33.0 Å². The van der Waals surface area contributed by atoms with Gasteiger partial charge in [-0.05, 0) is 111 Å². The average molecular weight is 839 g/mol. The van der Waals surface area contributed by atoms with Gasteiger partial charge < -0.3 is 44.7 Å². The molecule has 0 heterocycles. The van der Waals surface area contributed by atoms with Crippen molar-refractivity contribution in [3.8, 4) is 6.07 Å². The Bertz CT molecular complexity index is 1250. The first kappa shape index (κ1) is 46.8. The fourth-order valence-corrected chi connectivity index (χ4v) is 4.25. The van der Waals surface area contributed by atoms with E-state index in [2.05, 4.69) is 62.5 Å². The summed E-state index contributed by atoms with van der Waals surface area (Å²) < 4.78 is 7.04. The number of nitrogens with zero attached hydrogens (tertiary/aromatic N) is 1. The molecule has 10 heteroatoms. The number of rotatable bonds is 6. The molecule has 0 amide bonds. The molecule has 46 heavy (non-hydrogen) atoms. The van der Waals surface area contributed by atoms with Crippen LogP contribution in [0.4, 0.5) is 0 Å². The van der Waals surface area contributed by atoms with Gasteiger partial charge in [0.1, 0.15) is 0 Å². The molecule has 2 atom stereocenters. The minimum atomic E-state index is -0.269. The second-order valence-corrected chi connectivity index (χ2v) is 12.3. The van der Waals surface area contributed by atoms with Crippen molar-refractivity contribution in [1.82, 2.24) is 0 Å². The van der Waals surface area contributed by atoms with Gasteiger partial charge >= 0.3 is 29.0 Å². The molecule has 3 aromatic rings. The Hall–Kier alpha value is -1.29. The van der Waals surface area contributed by atoms with Crippen molar-refractivity contribution in [2.45, 2.75) is 71.9 Å². The van der Waals surface area contributed by atoms with Gasteiger partial charge in [0.25, 0.3) is 0 Å². The van der Waals surface area contributed by atoms with E-state index in [1.54, 1.807) is 38.1 Å². The number of aliphatic hydroxyl groups excluding tert-OH is 1. The van der Waals surface area contributed by atoms with E-state index in [4.69, 9.17) is 26.6 Å². The third kappa shape index (κ3) is 20.2. The van der Waals surface area contributed by atoms with Crippen LogP contribution < -0.4 is 28.4 Å². The minimum absolute atomic E-state index is 0. The normalized spacial score (nSPS) is 14.5. The summed E-state index contributed by atoms with van der Waals surface area (Å²) in [5.41, 5.74) is 15.8. The van der Waals surface area contributed by atoms with Gasteiger partial charge in [0, 0.05) is 29.1 Å². The van der Waals surface area contributed by atoms with Crippen LogP contribution in [0.15, 0.2) is 81.7 Å². The van der Waals surface area contributed by atoms with Gasteiger partial charge in [0.2, 0.25) is 0 Å². The van der Waals surface area contributed by atoms with Crippen LogP contribution in [0.3, 0.4) is 0 Å². The molecule has 3 fully saturated rings. The molecular formula is C36H50Br3MgN3O3. The molecule has 3 aromatic carbocycles. The van der Waals surface area contributed by atoms with Gasteiger partial charge in [-0.15, -0.1) is 0 Å². The van der Waals surface area contributed by atoms with E-state index in [0.717, 1.165) is 20.4 Å². The first-order valence-electron chi connectivity index (χ1n) is 14.9. The van der Waals surface area contributed by atoms with E-state index in [1.807, 2.05) is 30.3 Å². The molecule has 0 radical (unpaired) electrons.